The average molecular weight is 300 g/mol. The summed E-state index contributed by atoms with van der Waals surface area (Å²) in [6.45, 7) is 0. The van der Waals surface area contributed by atoms with E-state index in [1.807, 2.05) is 12.1 Å². The summed E-state index contributed by atoms with van der Waals surface area (Å²) in [6.07, 6.45) is 2.83. The van der Waals surface area contributed by atoms with E-state index in [0.29, 0.717) is 11.2 Å². The number of hydrogen-bond acceptors (Lipinski definition) is 5. The lowest BCUT2D eigenvalue weighted by Gasteiger charge is -2.09. The zero-order chi connectivity index (χ0) is 14.9. The van der Waals surface area contributed by atoms with Crippen LogP contribution in [0.2, 0.25) is 0 Å². The molecule has 0 aliphatic heterocycles. The Labute approximate surface area is 121 Å². The van der Waals surface area contributed by atoms with Crippen molar-refractivity contribution in [2.45, 2.75) is 4.90 Å². The first-order chi connectivity index (χ1) is 10.1. The molecule has 0 atom stereocenters. The minimum absolute atomic E-state index is 0.0460. The average Bonchev–Trinajstić information content (AvgIpc) is 2.48. The Balaban J connectivity index is 2.03. The Kier molecular flexibility index (Phi) is 3.19. The van der Waals surface area contributed by atoms with E-state index in [-0.39, 0.29) is 10.7 Å². The second-order valence-electron chi connectivity index (χ2n) is 4.40. The molecule has 3 aromatic rings. The van der Waals surface area contributed by atoms with Gasteiger partial charge in [0.05, 0.1) is 11.2 Å². The number of aromatic nitrogens is 2. The first kappa shape index (κ1) is 13.3. The smallest absolute Gasteiger partial charge is 0.263 e. The monoisotopic (exact) mass is 300 g/mol. The Hall–Kier alpha value is -2.67. The van der Waals surface area contributed by atoms with Gasteiger partial charge in [-0.25, -0.2) is 13.4 Å². The number of benzene rings is 1. The van der Waals surface area contributed by atoms with E-state index in [2.05, 4.69) is 14.7 Å². The van der Waals surface area contributed by atoms with Crippen LogP contribution in [0, 0.1) is 0 Å². The van der Waals surface area contributed by atoms with Crippen LogP contribution < -0.4 is 10.5 Å². The van der Waals surface area contributed by atoms with Crippen molar-refractivity contribution in [1.29, 1.82) is 0 Å². The Morgan fingerprint density at radius 3 is 2.57 bits per heavy atom. The topological polar surface area (TPSA) is 98.0 Å². The van der Waals surface area contributed by atoms with Gasteiger partial charge in [-0.1, -0.05) is 18.2 Å². The molecule has 0 aliphatic rings. The summed E-state index contributed by atoms with van der Waals surface area (Å²) in [4.78, 5) is 8.05. The minimum Gasteiger partial charge on any atom is -0.384 e. The van der Waals surface area contributed by atoms with Crippen LogP contribution in [0.15, 0.2) is 59.8 Å². The first-order valence-electron chi connectivity index (χ1n) is 6.14. The van der Waals surface area contributed by atoms with Crippen LogP contribution in [0.25, 0.3) is 10.9 Å². The van der Waals surface area contributed by atoms with E-state index in [1.165, 1.54) is 18.3 Å². The summed E-state index contributed by atoms with van der Waals surface area (Å²) >= 11 is 0. The summed E-state index contributed by atoms with van der Waals surface area (Å²) in [6, 6.07) is 11.8. The number of anilines is 2. The molecule has 106 valence electrons. The molecule has 3 N–H and O–H groups in total. The van der Waals surface area contributed by atoms with Crippen molar-refractivity contribution in [3.63, 3.8) is 0 Å². The van der Waals surface area contributed by atoms with E-state index in [9.17, 15) is 8.42 Å². The van der Waals surface area contributed by atoms with E-state index in [0.717, 1.165) is 5.39 Å². The second-order valence-corrected chi connectivity index (χ2v) is 6.09. The Morgan fingerprint density at radius 1 is 1.00 bits per heavy atom. The molecular weight excluding hydrogens is 288 g/mol. The highest BCUT2D eigenvalue weighted by Gasteiger charge is 2.16. The highest BCUT2D eigenvalue weighted by atomic mass is 32.2. The molecule has 0 saturated heterocycles. The lowest BCUT2D eigenvalue weighted by atomic mass is 10.2. The van der Waals surface area contributed by atoms with Gasteiger partial charge in [0.1, 0.15) is 10.7 Å². The molecule has 21 heavy (non-hydrogen) atoms. The molecule has 2 heterocycles. The number of rotatable bonds is 3. The van der Waals surface area contributed by atoms with Crippen molar-refractivity contribution in [3.8, 4) is 0 Å². The van der Waals surface area contributed by atoms with Gasteiger partial charge >= 0.3 is 0 Å². The number of nitrogen functional groups attached to an aromatic ring is 1. The van der Waals surface area contributed by atoms with Crippen LogP contribution in [0.1, 0.15) is 0 Å². The fourth-order valence-corrected chi connectivity index (χ4v) is 2.95. The predicted molar refractivity (Wildman–Crippen MR) is 81.2 cm³/mol. The number of nitrogens with one attached hydrogen (secondary N) is 1. The maximum atomic E-state index is 12.3. The summed E-state index contributed by atoms with van der Waals surface area (Å²) in [5.74, 6) is 0.265. The van der Waals surface area contributed by atoms with Gasteiger partial charge in [0.2, 0.25) is 0 Å². The lowest BCUT2D eigenvalue weighted by molar-refractivity contribution is 0.601. The molecule has 0 aliphatic carbocycles. The molecule has 6 nitrogen and oxygen atoms in total. The number of fused-ring (bicyclic) bond motifs is 1. The fourth-order valence-electron chi connectivity index (χ4n) is 1.94. The Bertz CT molecular complexity index is 887. The second kappa shape index (κ2) is 5.02. The maximum absolute atomic E-state index is 12.3. The third-order valence-electron chi connectivity index (χ3n) is 2.95. The van der Waals surface area contributed by atoms with Crippen LogP contribution in [0.3, 0.4) is 0 Å². The zero-order valence-electron chi connectivity index (χ0n) is 10.9. The van der Waals surface area contributed by atoms with E-state index in [1.54, 1.807) is 24.4 Å². The summed E-state index contributed by atoms with van der Waals surface area (Å²) < 4.78 is 27.2. The summed E-state index contributed by atoms with van der Waals surface area (Å²) in [7, 11) is -3.73. The number of nitrogens with two attached hydrogens (primary N) is 1. The number of sulfonamides is 1. The fraction of sp³-hybridized carbons (Fsp3) is 0. The standard InChI is InChI=1S/C14H12N4O2S/c15-13-7-6-11(9-17-13)21(19,20)18-12-5-1-3-10-4-2-8-16-14(10)12/h1-9,18H,(H2,15,17). The summed E-state index contributed by atoms with van der Waals surface area (Å²) in [5, 5.41) is 0.855. The molecule has 0 spiro atoms. The Morgan fingerprint density at radius 2 is 1.81 bits per heavy atom. The molecule has 3 rings (SSSR count). The van der Waals surface area contributed by atoms with Crippen molar-refractivity contribution in [2.75, 3.05) is 10.5 Å². The van der Waals surface area contributed by atoms with Crippen LogP contribution in [-0.2, 0) is 10.0 Å². The van der Waals surface area contributed by atoms with Gasteiger partial charge in [-0.2, -0.15) is 0 Å². The summed E-state index contributed by atoms with van der Waals surface area (Å²) in [5.41, 5.74) is 6.47. The van der Waals surface area contributed by atoms with Crippen molar-refractivity contribution >= 4 is 32.4 Å². The van der Waals surface area contributed by atoms with Crippen LogP contribution >= 0.6 is 0 Å². The van der Waals surface area contributed by atoms with Gasteiger partial charge in [-0.15, -0.1) is 0 Å². The predicted octanol–water partition coefficient (Wildman–Crippen LogP) is 2.01. The molecule has 0 fully saturated rings. The first-order valence-corrected chi connectivity index (χ1v) is 7.63. The van der Waals surface area contributed by atoms with Crippen molar-refractivity contribution < 1.29 is 8.42 Å². The van der Waals surface area contributed by atoms with Crippen LogP contribution in [-0.4, -0.2) is 18.4 Å². The molecule has 0 radical (unpaired) electrons. The van der Waals surface area contributed by atoms with Crippen LogP contribution in [0.4, 0.5) is 11.5 Å². The molecule has 0 amide bonds. The van der Waals surface area contributed by atoms with Gasteiger partial charge in [0, 0.05) is 17.8 Å². The highest BCUT2D eigenvalue weighted by molar-refractivity contribution is 7.92. The molecular formula is C14H12N4O2S. The molecule has 0 unspecified atom stereocenters. The normalized spacial score (nSPS) is 11.4. The van der Waals surface area contributed by atoms with Gasteiger partial charge in [-0.3, -0.25) is 9.71 Å². The van der Waals surface area contributed by atoms with E-state index in [4.69, 9.17) is 5.73 Å². The molecule has 7 heteroatoms. The van der Waals surface area contributed by atoms with Gasteiger partial charge < -0.3 is 5.73 Å². The number of hydrogen-bond donors (Lipinski definition) is 2. The van der Waals surface area contributed by atoms with Crippen LogP contribution in [0.5, 0.6) is 0 Å². The number of para-hydroxylation sites is 1. The lowest BCUT2D eigenvalue weighted by Crippen LogP contribution is -2.13. The SMILES string of the molecule is Nc1ccc(S(=O)(=O)Nc2cccc3cccnc23)cn1. The third-order valence-corrected chi connectivity index (χ3v) is 4.30. The molecule has 2 aromatic heterocycles. The molecule has 1 aromatic carbocycles. The minimum atomic E-state index is -3.73. The van der Waals surface area contributed by atoms with Gasteiger partial charge in [-0.05, 0) is 24.3 Å². The van der Waals surface area contributed by atoms with Gasteiger partial charge in [0.15, 0.2) is 0 Å². The number of pyridine rings is 2. The van der Waals surface area contributed by atoms with Crippen molar-refractivity contribution in [2.24, 2.45) is 0 Å². The zero-order valence-corrected chi connectivity index (χ0v) is 11.7. The van der Waals surface area contributed by atoms with E-state index < -0.39 is 10.0 Å². The van der Waals surface area contributed by atoms with E-state index >= 15 is 0 Å². The molecule has 0 bridgehead atoms. The largest absolute Gasteiger partial charge is 0.384 e. The number of nitrogens with zero attached hydrogens (tertiary/aromatic N) is 2. The van der Waals surface area contributed by atoms with Crippen molar-refractivity contribution in [1.82, 2.24) is 9.97 Å². The highest BCUT2D eigenvalue weighted by Crippen LogP contribution is 2.23. The quantitative estimate of drug-likeness (QED) is 0.771. The van der Waals surface area contributed by atoms with Crippen molar-refractivity contribution in [3.05, 3.63) is 54.9 Å². The van der Waals surface area contributed by atoms with Gasteiger partial charge in [0.25, 0.3) is 10.0 Å². The third kappa shape index (κ3) is 2.63. The molecule has 0 saturated carbocycles. The maximum Gasteiger partial charge on any atom is 0.263 e.